The molecule has 0 aromatic carbocycles. The largest absolute Gasteiger partial charge is 0.463 e. The number of ether oxygens (including phenoxy) is 1. The standard InChI is InChI=1S/C6H12N2O2/c1-7-6-8(2-4-9)3-5-10-6/h9H,2-5H2,1H3/b7-6-. The molecule has 1 heterocycles. The molecule has 0 amide bonds. The average molecular weight is 144 g/mol. The summed E-state index contributed by atoms with van der Waals surface area (Å²) in [5.74, 6) is 0. The molecule has 4 heteroatoms. The maximum absolute atomic E-state index is 8.59. The van der Waals surface area contributed by atoms with Gasteiger partial charge in [-0.3, -0.25) is 0 Å². The van der Waals surface area contributed by atoms with Crippen molar-refractivity contribution in [3.8, 4) is 0 Å². The molecule has 1 rings (SSSR count). The van der Waals surface area contributed by atoms with Gasteiger partial charge < -0.3 is 14.7 Å². The third-order valence-electron chi connectivity index (χ3n) is 1.42. The van der Waals surface area contributed by atoms with Crippen molar-refractivity contribution in [2.45, 2.75) is 0 Å². The number of nitrogens with zero attached hydrogens (tertiary/aromatic N) is 2. The van der Waals surface area contributed by atoms with E-state index in [-0.39, 0.29) is 6.61 Å². The molecule has 1 fully saturated rings. The van der Waals surface area contributed by atoms with Gasteiger partial charge in [0.05, 0.1) is 13.2 Å². The van der Waals surface area contributed by atoms with Crippen LogP contribution in [0.2, 0.25) is 0 Å². The molecule has 0 atom stereocenters. The van der Waals surface area contributed by atoms with E-state index in [1.165, 1.54) is 0 Å². The highest BCUT2D eigenvalue weighted by molar-refractivity contribution is 5.75. The summed E-state index contributed by atoms with van der Waals surface area (Å²) in [6.45, 7) is 2.30. The molecule has 4 nitrogen and oxygen atoms in total. The third kappa shape index (κ3) is 1.39. The number of hydrogen-bond donors (Lipinski definition) is 1. The molecule has 1 aliphatic heterocycles. The van der Waals surface area contributed by atoms with Gasteiger partial charge in [-0.05, 0) is 0 Å². The maximum atomic E-state index is 8.59. The molecule has 0 radical (unpaired) electrons. The minimum atomic E-state index is 0.155. The number of aliphatic hydroxyl groups excluding tert-OH is 1. The second-order valence-electron chi connectivity index (χ2n) is 2.07. The Hall–Kier alpha value is -0.770. The second-order valence-corrected chi connectivity index (χ2v) is 2.07. The zero-order valence-electron chi connectivity index (χ0n) is 6.08. The highest BCUT2D eigenvalue weighted by atomic mass is 16.5. The quantitative estimate of drug-likeness (QED) is 0.557. The number of aliphatic hydroxyl groups is 1. The Bertz CT molecular complexity index is 136. The molecule has 0 saturated carbocycles. The van der Waals surface area contributed by atoms with E-state index >= 15 is 0 Å². The Kier molecular flexibility index (Phi) is 2.50. The number of β-amino-alcohol motifs (C(OH)–C–C–N with tert-alkyl or cyclic N) is 1. The van der Waals surface area contributed by atoms with Crippen molar-refractivity contribution in [1.29, 1.82) is 0 Å². The number of rotatable bonds is 2. The molecule has 0 unspecified atom stereocenters. The summed E-state index contributed by atoms with van der Waals surface area (Å²) in [4.78, 5) is 5.81. The van der Waals surface area contributed by atoms with Crippen molar-refractivity contribution in [3.63, 3.8) is 0 Å². The van der Waals surface area contributed by atoms with Crippen LogP contribution in [0.4, 0.5) is 0 Å². The van der Waals surface area contributed by atoms with Crippen molar-refractivity contribution in [3.05, 3.63) is 0 Å². The summed E-state index contributed by atoms with van der Waals surface area (Å²) >= 11 is 0. The van der Waals surface area contributed by atoms with Gasteiger partial charge >= 0.3 is 0 Å². The van der Waals surface area contributed by atoms with Crippen LogP contribution in [-0.4, -0.2) is 49.4 Å². The minimum absolute atomic E-state index is 0.155. The van der Waals surface area contributed by atoms with Gasteiger partial charge in [-0.1, -0.05) is 0 Å². The van der Waals surface area contributed by atoms with E-state index in [1.54, 1.807) is 7.05 Å². The van der Waals surface area contributed by atoms with Crippen LogP contribution in [0.5, 0.6) is 0 Å². The molecule has 1 aliphatic rings. The van der Waals surface area contributed by atoms with Crippen molar-refractivity contribution in [2.75, 3.05) is 33.4 Å². The molecule has 0 aliphatic carbocycles. The predicted molar refractivity (Wildman–Crippen MR) is 38.0 cm³/mol. The number of hydrogen-bond acceptors (Lipinski definition) is 3. The molecule has 58 valence electrons. The van der Waals surface area contributed by atoms with Gasteiger partial charge in [0, 0.05) is 13.6 Å². The summed E-state index contributed by atoms with van der Waals surface area (Å²) in [6.07, 6.45) is 0. The fourth-order valence-electron chi connectivity index (χ4n) is 0.968. The normalized spacial score (nSPS) is 21.8. The molecule has 0 bridgehead atoms. The summed E-state index contributed by atoms with van der Waals surface area (Å²) in [5, 5.41) is 8.59. The summed E-state index contributed by atoms with van der Waals surface area (Å²) in [5.41, 5.74) is 0. The van der Waals surface area contributed by atoms with E-state index in [0.29, 0.717) is 19.2 Å². The highest BCUT2D eigenvalue weighted by Gasteiger charge is 2.17. The molecule has 0 aromatic rings. The van der Waals surface area contributed by atoms with Gasteiger partial charge in [0.1, 0.15) is 6.61 Å². The lowest BCUT2D eigenvalue weighted by Crippen LogP contribution is -2.28. The molecule has 0 spiro atoms. The van der Waals surface area contributed by atoms with E-state index in [4.69, 9.17) is 9.84 Å². The predicted octanol–water partition coefficient (Wildman–Crippen LogP) is -0.703. The zero-order valence-corrected chi connectivity index (χ0v) is 6.08. The lowest BCUT2D eigenvalue weighted by Gasteiger charge is -2.12. The Morgan fingerprint density at radius 1 is 1.80 bits per heavy atom. The van der Waals surface area contributed by atoms with Crippen LogP contribution in [0.3, 0.4) is 0 Å². The van der Waals surface area contributed by atoms with Gasteiger partial charge in [-0.25, -0.2) is 4.99 Å². The molecule has 1 saturated heterocycles. The summed E-state index contributed by atoms with van der Waals surface area (Å²) in [7, 11) is 1.69. The van der Waals surface area contributed by atoms with Crippen LogP contribution in [-0.2, 0) is 4.74 Å². The zero-order chi connectivity index (χ0) is 7.40. The molecular weight excluding hydrogens is 132 g/mol. The van der Waals surface area contributed by atoms with E-state index in [9.17, 15) is 0 Å². The summed E-state index contributed by atoms with van der Waals surface area (Å²) < 4.78 is 5.13. The van der Waals surface area contributed by atoms with Crippen molar-refractivity contribution in [2.24, 2.45) is 4.99 Å². The van der Waals surface area contributed by atoms with Crippen molar-refractivity contribution >= 4 is 6.02 Å². The van der Waals surface area contributed by atoms with Crippen molar-refractivity contribution in [1.82, 2.24) is 4.90 Å². The van der Waals surface area contributed by atoms with Gasteiger partial charge in [-0.15, -0.1) is 0 Å². The highest BCUT2D eigenvalue weighted by Crippen LogP contribution is 2.01. The fourth-order valence-corrected chi connectivity index (χ4v) is 0.968. The Balaban J connectivity index is 2.42. The van der Waals surface area contributed by atoms with E-state index < -0.39 is 0 Å². The smallest absolute Gasteiger partial charge is 0.287 e. The lowest BCUT2D eigenvalue weighted by atomic mass is 10.5. The first-order valence-corrected chi connectivity index (χ1v) is 3.34. The van der Waals surface area contributed by atoms with Gasteiger partial charge in [0.2, 0.25) is 0 Å². The first-order chi connectivity index (χ1) is 4.88. The second kappa shape index (κ2) is 3.41. The van der Waals surface area contributed by atoms with Crippen LogP contribution in [0.15, 0.2) is 4.99 Å². The molecule has 1 N–H and O–H groups in total. The van der Waals surface area contributed by atoms with Crippen LogP contribution < -0.4 is 0 Å². The van der Waals surface area contributed by atoms with Crippen LogP contribution in [0.25, 0.3) is 0 Å². The van der Waals surface area contributed by atoms with E-state index in [2.05, 4.69) is 4.99 Å². The molecular formula is C6H12N2O2. The van der Waals surface area contributed by atoms with Crippen LogP contribution >= 0.6 is 0 Å². The maximum Gasteiger partial charge on any atom is 0.287 e. The number of amidine groups is 1. The van der Waals surface area contributed by atoms with Crippen LogP contribution in [0.1, 0.15) is 0 Å². The monoisotopic (exact) mass is 144 g/mol. The van der Waals surface area contributed by atoms with Gasteiger partial charge in [-0.2, -0.15) is 0 Å². The van der Waals surface area contributed by atoms with Crippen molar-refractivity contribution < 1.29 is 9.84 Å². The van der Waals surface area contributed by atoms with E-state index in [0.717, 1.165) is 6.54 Å². The number of aliphatic imine (C=N–C) groups is 1. The summed E-state index contributed by atoms with van der Waals surface area (Å²) in [6, 6.07) is 0.647. The first-order valence-electron chi connectivity index (χ1n) is 3.34. The van der Waals surface area contributed by atoms with E-state index in [1.807, 2.05) is 4.90 Å². The SMILES string of the molecule is C/N=C1\OCCN1CCO. The first kappa shape index (κ1) is 7.34. The molecule has 10 heavy (non-hydrogen) atoms. The third-order valence-corrected chi connectivity index (χ3v) is 1.42. The Morgan fingerprint density at radius 3 is 3.20 bits per heavy atom. The fraction of sp³-hybridized carbons (Fsp3) is 0.833. The van der Waals surface area contributed by atoms with Gasteiger partial charge in [0.25, 0.3) is 6.02 Å². The Labute approximate surface area is 60.1 Å². The topological polar surface area (TPSA) is 45.1 Å². The molecule has 0 aromatic heterocycles. The van der Waals surface area contributed by atoms with Crippen LogP contribution in [0, 0.1) is 0 Å². The average Bonchev–Trinajstić information content (AvgIpc) is 2.36. The lowest BCUT2D eigenvalue weighted by molar-refractivity contribution is 0.256. The Morgan fingerprint density at radius 2 is 2.60 bits per heavy atom. The minimum Gasteiger partial charge on any atom is -0.463 e. The van der Waals surface area contributed by atoms with Gasteiger partial charge in [0.15, 0.2) is 0 Å².